The van der Waals surface area contributed by atoms with Gasteiger partial charge in [0.15, 0.2) is 0 Å². The number of nitro groups is 1. The van der Waals surface area contributed by atoms with Crippen molar-refractivity contribution in [3.63, 3.8) is 0 Å². The van der Waals surface area contributed by atoms with Crippen LogP contribution in [-0.2, 0) is 0 Å². The Morgan fingerprint density at radius 3 is 2.45 bits per heavy atom. The zero-order valence-corrected chi connectivity index (χ0v) is 11.7. The van der Waals surface area contributed by atoms with E-state index < -0.39 is 0 Å². The first kappa shape index (κ1) is 14.6. The highest BCUT2D eigenvalue weighted by Gasteiger charge is 2.41. The Bertz CT molecular complexity index is 487. The van der Waals surface area contributed by atoms with Crippen molar-refractivity contribution in [1.29, 1.82) is 0 Å². The average Bonchev–Trinajstić information content (AvgIpc) is 3.17. The van der Waals surface area contributed by atoms with Crippen molar-refractivity contribution in [3.8, 4) is 0 Å². The van der Waals surface area contributed by atoms with E-state index in [2.05, 4.69) is 10.6 Å². The SMILES string of the molecule is CCNc1cc(NCC2(CCO)CC2)cc([N+](=O)[O-])c1. The molecule has 0 spiro atoms. The molecule has 0 bridgehead atoms. The highest BCUT2D eigenvalue weighted by molar-refractivity contribution is 5.63. The van der Waals surface area contributed by atoms with Gasteiger partial charge in [0.25, 0.3) is 5.69 Å². The second-order valence-electron chi connectivity index (χ2n) is 5.38. The van der Waals surface area contributed by atoms with E-state index in [1.807, 2.05) is 13.0 Å². The summed E-state index contributed by atoms with van der Waals surface area (Å²) < 4.78 is 0. The molecule has 0 heterocycles. The first-order valence-corrected chi connectivity index (χ1v) is 6.97. The van der Waals surface area contributed by atoms with Crippen molar-refractivity contribution in [3.05, 3.63) is 28.3 Å². The molecule has 3 N–H and O–H groups in total. The van der Waals surface area contributed by atoms with Crippen LogP contribution in [0.4, 0.5) is 17.1 Å². The van der Waals surface area contributed by atoms with Gasteiger partial charge in [0.2, 0.25) is 0 Å². The fraction of sp³-hybridized carbons (Fsp3) is 0.571. The minimum atomic E-state index is -0.382. The smallest absolute Gasteiger partial charge is 0.273 e. The predicted molar refractivity (Wildman–Crippen MR) is 79.1 cm³/mol. The van der Waals surface area contributed by atoms with Gasteiger partial charge in [-0.25, -0.2) is 0 Å². The normalized spacial score (nSPS) is 15.7. The summed E-state index contributed by atoms with van der Waals surface area (Å²) in [5.41, 5.74) is 1.76. The Hall–Kier alpha value is -1.82. The van der Waals surface area contributed by atoms with Crippen LogP contribution < -0.4 is 10.6 Å². The summed E-state index contributed by atoms with van der Waals surface area (Å²) in [6.45, 7) is 3.61. The standard InChI is InChI=1S/C14H21N3O3/c1-2-15-11-7-12(9-13(8-11)17(19)20)16-10-14(3-4-14)5-6-18/h7-9,15-16,18H,2-6,10H2,1H3. The first-order chi connectivity index (χ1) is 9.58. The van der Waals surface area contributed by atoms with Crippen LogP contribution in [0, 0.1) is 15.5 Å². The number of rotatable bonds is 8. The fourth-order valence-corrected chi connectivity index (χ4v) is 2.34. The van der Waals surface area contributed by atoms with Gasteiger partial charge in [-0.1, -0.05) is 0 Å². The molecule has 6 nitrogen and oxygen atoms in total. The summed E-state index contributed by atoms with van der Waals surface area (Å²) in [6, 6.07) is 4.97. The van der Waals surface area contributed by atoms with Crippen LogP contribution in [0.2, 0.25) is 0 Å². The molecule has 0 radical (unpaired) electrons. The van der Waals surface area contributed by atoms with E-state index in [-0.39, 0.29) is 22.6 Å². The first-order valence-electron chi connectivity index (χ1n) is 6.97. The maximum atomic E-state index is 10.9. The van der Waals surface area contributed by atoms with Crippen molar-refractivity contribution in [2.45, 2.75) is 26.2 Å². The minimum Gasteiger partial charge on any atom is -0.396 e. The van der Waals surface area contributed by atoms with Gasteiger partial charge >= 0.3 is 0 Å². The summed E-state index contributed by atoms with van der Waals surface area (Å²) in [5.74, 6) is 0. The monoisotopic (exact) mass is 279 g/mol. The molecular formula is C14H21N3O3. The third-order valence-corrected chi connectivity index (χ3v) is 3.78. The number of aliphatic hydroxyl groups excluding tert-OH is 1. The van der Waals surface area contributed by atoms with Gasteiger partial charge < -0.3 is 15.7 Å². The number of non-ortho nitro benzene ring substituents is 1. The average molecular weight is 279 g/mol. The minimum absolute atomic E-state index is 0.0814. The van der Waals surface area contributed by atoms with E-state index in [0.29, 0.717) is 0 Å². The van der Waals surface area contributed by atoms with Gasteiger partial charge in [-0.2, -0.15) is 0 Å². The van der Waals surface area contributed by atoms with E-state index in [0.717, 1.165) is 43.7 Å². The van der Waals surface area contributed by atoms with Gasteiger partial charge in [-0.3, -0.25) is 10.1 Å². The number of nitrogens with zero attached hydrogens (tertiary/aromatic N) is 1. The van der Waals surface area contributed by atoms with Crippen LogP contribution in [0.5, 0.6) is 0 Å². The lowest BCUT2D eigenvalue weighted by atomic mass is 10.0. The molecule has 1 aromatic carbocycles. The van der Waals surface area contributed by atoms with Gasteiger partial charge in [0.05, 0.1) is 4.92 Å². The Morgan fingerprint density at radius 2 is 1.95 bits per heavy atom. The molecule has 0 saturated heterocycles. The molecular weight excluding hydrogens is 258 g/mol. The second kappa shape index (κ2) is 6.09. The molecule has 0 aromatic heterocycles. The summed E-state index contributed by atoms with van der Waals surface area (Å²) in [6.07, 6.45) is 3.00. The van der Waals surface area contributed by atoms with Crippen LogP contribution >= 0.6 is 0 Å². The van der Waals surface area contributed by atoms with Crippen LogP contribution in [0.25, 0.3) is 0 Å². The van der Waals surface area contributed by atoms with Gasteiger partial charge in [0, 0.05) is 43.2 Å². The molecule has 20 heavy (non-hydrogen) atoms. The van der Waals surface area contributed by atoms with Gasteiger partial charge in [-0.15, -0.1) is 0 Å². The van der Waals surface area contributed by atoms with E-state index in [1.165, 1.54) is 6.07 Å². The molecule has 2 rings (SSSR count). The number of hydrogen-bond donors (Lipinski definition) is 3. The topological polar surface area (TPSA) is 87.4 Å². The molecule has 6 heteroatoms. The van der Waals surface area contributed by atoms with Crippen molar-refractivity contribution in [2.24, 2.45) is 5.41 Å². The fourth-order valence-electron chi connectivity index (χ4n) is 2.34. The number of benzene rings is 1. The molecule has 1 aromatic rings. The van der Waals surface area contributed by atoms with Crippen molar-refractivity contribution >= 4 is 17.1 Å². The van der Waals surface area contributed by atoms with E-state index >= 15 is 0 Å². The molecule has 1 saturated carbocycles. The van der Waals surface area contributed by atoms with Crippen molar-refractivity contribution in [2.75, 3.05) is 30.3 Å². The molecule has 1 aliphatic carbocycles. The highest BCUT2D eigenvalue weighted by atomic mass is 16.6. The summed E-state index contributed by atoms with van der Waals surface area (Å²) in [7, 11) is 0. The Kier molecular flexibility index (Phi) is 4.44. The summed E-state index contributed by atoms with van der Waals surface area (Å²) in [4.78, 5) is 10.6. The summed E-state index contributed by atoms with van der Waals surface area (Å²) >= 11 is 0. The Labute approximate surface area is 118 Å². The molecule has 110 valence electrons. The number of nitrogens with one attached hydrogen (secondary N) is 2. The van der Waals surface area contributed by atoms with Crippen LogP contribution in [0.3, 0.4) is 0 Å². The van der Waals surface area contributed by atoms with Crippen molar-refractivity contribution in [1.82, 2.24) is 0 Å². The zero-order chi connectivity index (χ0) is 14.6. The number of nitro benzene ring substituents is 1. The zero-order valence-electron chi connectivity index (χ0n) is 11.7. The maximum Gasteiger partial charge on any atom is 0.273 e. The van der Waals surface area contributed by atoms with Gasteiger partial charge in [0.1, 0.15) is 0 Å². The van der Waals surface area contributed by atoms with Gasteiger partial charge in [-0.05, 0) is 37.7 Å². The number of aliphatic hydroxyl groups is 1. The third kappa shape index (κ3) is 3.60. The molecule has 1 aliphatic rings. The molecule has 0 amide bonds. The van der Waals surface area contributed by atoms with E-state index in [1.54, 1.807) is 6.07 Å². The molecule has 0 atom stereocenters. The molecule has 1 fully saturated rings. The predicted octanol–water partition coefficient (Wildman–Crippen LogP) is 2.60. The quantitative estimate of drug-likeness (QED) is 0.503. The van der Waals surface area contributed by atoms with Crippen LogP contribution in [0.1, 0.15) is 26.2 Å². The third-order valence-electron chi connectivity index (χ3n) is 3.78. The maximum absolute atomic E-state index is 10.9. The van der Waals surface area contributed by atoms with Crippen LogP contribution in [-0.4, -0.2) is 29.7 Å². The lowest BCUT2D eigenvalue weighted by Gasteiger charge is -2.16. The van der Waals surface area contributed by atoms with E-state index in [9.17, 15) is 10.1 Å². The van der Waals surface area contributed by atoms with Crippen molar-refractivity contribution < 1.29 is 10.0 Å². The Balaban J connectivity index is 2.08. The Morgan fingerprint density at radius 1 is 1.30 bits per heavy atom. The molecule has 0 aliphatic heterocycles. The summed E-state index contributed by atoms with van der Waals surface area (Å²) in [5, 5.41) is 26.4. The van der Waals surface area contributed by atoms with E-state index in [4.69, 9.17) is 5.11 Å². The second-order valence-corrected chi connectivity index (χ2v) is 5.38. The number of hydrogen-bond acceptors (Lipinski definition) is 5. The van der Waals surface area contributed by atoms with Crippen LogP contribution in [0.15, 0.2) is 18.2 Å². The number of anilines is 2. The highest BCUT2D eigenvalue weighted by Crippen LogP contribution is 2.48. The largest absolute Gasteiger partial charge is 0.396 e. The lowest BCUT2D eigenvalue weighted by molar-refractivity contribution is -0.384. The molecule has 0 unspecified atom stereocenters. The lowest BCUT2D eigenvalue weighted by Crippen LogP contribution is -2.17.